The molecule has 7 nitrogen and oxygen atoms in total. The van der Waals surface area contributed by atoms with Crippen LogP contribution in [0.1, 0.15) is 41.1 Å². The van der Waals surface area contributed by atoms with Crippen LogP contribution in [0.3, 0.4) is 0 Å². The number of nitrogens with zero attached hydrogens (tertiary/aromatic N) is 2. The number of aromatic amines is 1. The number of hydrogen-bond acceptors (Lipinski definition) is 7. The number of carbonyl (C=O) groups is 1. The molecule has 1 aliphatic carbocycles. The molecule has 1 N–H and O–H groups in total. The molecule has 1 aromatic carbocycles. The summed E-state index contributed by atoms with van der Waals surface area (Å²) in [6, 6.07) is 7.81. The van der Waals surface area contributed by atoms with Gasteiger partial charge in [0, 0.05) is 24.6 Å². The number of ether oxygens (including phenoxy) is 2. The lowest BCUT2D eigenvalue weighted by atomic mass is 10.1. The van der Waals surface area contributed by atoms with Crippen LogP contribution in [0.2, 0.25) is 0 Å². The van der Waals surface area contributed by atoms with Crippen LogP contribution in [0.4, 0.5) is 0 Å². The van der Waals surface area contributed by atoms with Gasteiger partial charge in [0.15, 0.2) is 0 Å². The molecule has 1 aliphatic heterocycles. The van der Waals surface area contributed by atoms with Crippen molar-refractivity contribution in [2.75, 3.05) is 26.0 Å². The molecule has 2 aromatic heterocycles. The minimum atomic E-state index is -0.0515. The van der Waals surface area contributed by atoms with E-state index in [1.54, 1.807) is 18.4 Å². The second-order valence-electron chi connectivity index (χ2n) is 8.80. The molecule has 1 atom stereocenters. The standard InChI is InChI=1S/C25H29N3O4S2/c1-31-17-6-2-5-16(11-17)12-28(13-18-7-4-10-32-18)22(29)15-33-14-21-26-24(30)23-19-8-3-9-20(19)34-25(23)27-21/h2,5-6,11,18H,3-4,7-10,12-15H2,1H3,(H,26,27,30). The minimum Gasteiger partial charge on any atom is -0.497 e. The van der Waals surface area contributed by atoms with Gasteiger partial charge in [0.05, 0.1) is 30.1 Å². The van der Waals surface area contributed by atoms with Gasteiger partial charge in [-0.3, -0.25) is 9.59 Å². The van der Waals surface area contributed by atoms with Gasteiger partial charge in [-0.05, 0) is 55.4 Å². The third-order valence-corrected chi connectivity index (χ3v) is 8.51. The van der Waals surface area contributed by atoms with Gasteiger partial charge in [0.2, 0.25) is 5.91 Å². The maximum absolute atomic E-state index is 13.2. The van der Waals surface area contributed by atoms with Crippen LogP contribution in [0, 0.1) is 0 Å². The number of nitrogens with one attached hydrogen (secondary N) is 1. The van der Waals surface area contributed by atoms with E-state index < -0.39 is 0 Å². The van der Waals surface area contributed by atoms with Gasteiger partial charge in [-0.1, -0.05) is 12.1 Å². The van der Waals surface area contributed by atoms with Crippen molar-refractivity contribution in [2.24, 2.45) is 0 Å². The molecule has 9 heteroatoms. The predicted octanol–water partition coefficient (Wildman–Crippen LogP) is 3.92. The van der Waals surface area contributed by atoms with E-state index in [4.69, 9.17) is 14.5 Å². The minimum absolute atomic E-state index is 0.0515. The number of thioether (sulfide) groups is 1. The monoisotopic (exact) mass is 499 g/mol. The number of amides is 1. The number of hydrogen-bond donors (Lipinski definition) is 1. The van der Waals surface area contributed by atoms with Crippen LogP contribution >= 0.6 is 23.1 Å². The first-order chi connectivity index (χ1) is 16.6. The molecule has 0 spiro atoms. The van der Waals surface area contributed by atoms with Gasteiger partial charge in [-0.2, -0.15) is 0 Å². The van der Waals surface area contributed by atoms with Crippen molar-refractivity contribution >= 4 is 39.2 Å². The molecule has 1 saturated heterocycles. The van der Waals surface area contributed by atoms with Gasteiger partial charge in [0.1, 0.15) is 16.4 Å². The lowest BCUT2D eigenvalue weighted by Gasteiger charge is -2.26. The summed E-state index contributed by atoms with van der Waals surface area (Å²) < 4.78 is 11.1. The molecular formula is C25H29N3O4S2. The summed E-state index contributed by atoms with van der Waals surface area (Å²) in [7, 11) is 1.64. The smallest absolute Gasteiger partial charge is 0.259 e. The Morgan fingerprint density at radius 3 is 3.09 bits per heavy atom. The summed E-state index contributed by atoms with van der Waals surface area (Å²) in [5, 5.41) is 0.767. The third kappa shape index (κ3) is 5.16. The molecule has 1 fully saturated rings. The Morgan fingerprint density at radius 2 is 2.26 bits per heavy atom. The quantitative estimate of drug-likeness (QED) is 0.480. The zero-order valence-corrected chi connectivity index (χ0v) is 20.9. The van der Waals surface area contributed by atoms with Crippen LogP contribution in [0.5, 0.6) is 5.75 Å². The van der Waals surface area contributed by atoms with E-state index in [0.717, 1.165) is 60.2 Å². The van der Waals surface area contributed by atoms with Gasteiger partial charge >= 0.3 is 0 Å². The van der Waals surface area contributed by atoms with E-state index in [2.05, 4.69) is 4.98 Å². The SMILES string of the molecule is COc1cccc(CN(CC2CCCO2)C(=O)CSCc2nc3sc4c(c3c(=O)[nH]2)CCC4)c1. The van der Waals surface area contributed by atoms with Crippen LogP contribution in [-0.2, 0) is 34.7 Å². The Labute approximate surface area is 206 Å². The average Bonchev–Trinajstić information content (AvgIpc) is 3.56. The normalized spacial score (nSPS) is 17.3. The summed E-state index contributed by atoms with van der Waals surface area (Å²) in [5.41, 5.74) is 2.16. The molecule has 34 heavy (non-hydrogen) atoms. The van der Waals surface area contributed by atoms with Crippen molar-refractivity contribution in [1.82, 2.24) is 14.9 Å². The molecule has 1 unspecified atom stereocenters. The Bertz CT molecular complexity index is 1230. The van der Waals surface area contributed by atoms with Crippen molar-refractivity contribution < 1.29 is 14.3 Å². The molecule has 180 valence electrons. The van der Waals surface area contributed by atoms with Gasteiger partial charge < -0.3 is 19.4 Å². The van der Waals surface area contributed by atoms with E-state index in [1.165, 1.54) is 22.2 Å². The zero-order chi connectivity index (χ0) is 23.5. The number of aryl methyl sites for hydroxylation is 2. The summed E-state index contributed by atoms with van der Waals surface area (Å²) in [6.45, 7) is 1.85. The Morgan fingerprint density at radius 1 is 1.35 bits per heavy atom. The number of rotatable bonds is 9. The highest BCUT2D eigenvalue weighted by Crippen LogP contribution is 2.34. The summed E-state index contributed by atoms with van der Waals surface area (Å²) >= 11 is 3.12. The highest BCUT2D eigenvalue weighted by atomic mass is 32.2. The van der Waals surface area contributed by atoms with E-state index in [0.29, 0.717) is 30.4 Å². The summed E-state index contributed by atoms with van der Waals surface area (Å²) in [5.74, 6) is 2.28. The van der Waals surface area contributed by atoms with Crippen molar-refractivity contribution in [2.45, 2.75) is 50.5 Å². The molecule has 5 rings (SSSR count). The number of benzene rings is 1. The molecule has 0 bridgehead atoms. The van der Waals surface area contributed by atoms with Gasteiger partial charge in [0.25, 0.3) is 5.56 Å². The Hall–Kier alpha value is -2.36. The predicted molar refractivity (Wildman–Crippen MR) is 136 cm³/mol. The first-order valence-corrected chi connectivity index (χ1v) is 13.7. The van der Waals surface area contributed by atoms with E-state index in [1.807, 2.05) is 29.2 Å². The lowest BCUT2D eigenvalue weighted by Crippen LogP contribution is -2.38. The van der Waals surface area contributed by atoms with Crippen molar-refractivity contribution in [3.05, 3.63) is 56.4 Å². The summed E-state index contributed by atoms with van der Waals surface area (Å²) in [6.07, 6.45) is 5.23. The number of carbonyl (C=O) groups excluding carboxylic acids is 1. The molecule has 2 aliphatic rings. The van der Waals surface area contributed by atoms with E-state index in [9.17, 15) is 9.59 Å². The van der Waals surface area contributed by atoms with Crippen molar-refractivity contribution in [3.8, 4) is 5.75 Å². The number of thiophene rings is 1. The first-order valence-electron chi connectivity index (χ1n) is 11.7. The zero-order valence-electron chi connectivity index (χ0n) is 19.3. The average molecular weight is 500 g/mol. The topological polar surface area (TPSA) is 84.5 Å². The van der Waals surface area contributed by atoms with Crippen molar-refractivity contribution in [1.29, 1.82) is 0 Å². The summed E-state index contributed by atoms with van der Waals surface area (Å²) in [4.78, 5) is 37.5. The Balaban J connectivity index is 1.24. The maximum Gasteiger partial charge on any atom is 0.259 e. The fourth-order valence-corrected chi connectivity index (χ4v) is 6.79. The highest BCUT2D eigenvalue weighted by molar-refractivity contribution is 7.99. The molecule has 0 radical (unpaired) electrons. The van der Waals surface area contributed by atoms with E-state index >= 15 is 0 Å². The number of H-pyrrole nitrogens is 1. The molecule has 0 saturated carbocycles. The second kappa shape index (κ2) is 10.5. The highest BCUT2D eigenvalue weighted by Gasteiger charge is 2.24. The third-order valence-electron chi connectivity index (χ3n) is 6.40. The van der Waals surface area contributed by atoms with Crippen LogP contribution < -0.4 is 10.3 Å². The van der Waals surface area contributed by atoms with Crippen LogP contribution in [0.25, 0.3) is 10.2 Å². The van der Waals surface area contributed by atoms with Crippen molar-refractivity contribution in [3.63, 3.8) is 0 Å². The van der Waals surface area contributed by atoms with E-state index in [-0.39, 0.29) is 17.6 Å². The molecule has 1 amide bonds. The molecule has 3 heterocycles. The number of methoxy groups -OCH3 is 1. The van der Waals surface area contributed by atoms with Crippen LogP contribution in [-0.4, -0.2) is 52.9 Å². The molecular weight excluding hydrogens is 470 g/mol. The number of fused-ring (bicyclic) bond motifs is 3. The largest absolute Gasteiger partial charge is 0.497 e. The molecule has 3 aromatic rings. The van der Waals surface area contributed by atoms with Gasteiger partial charge in [-0.15, -0.1) is 23.1 Å². The number of aromatic nitrogens is 2. The fraction of sp³-hybridized carbons (Fsp3) is 0.480. The second-order valence-corrected chi connectivity index (χ2v) is 10.9. The van der Waals surface area contributed by atoms with Crippen LogP contribution in [0.15, 0.2) is 29.1 Å². The first kappa shape index (κ1) is 23.4. The maximum atomic E-state index is 13.2. The Kier molecular flexibility index (Phi) is 7.22. The lowest BCUT2D eigenvalue weighted by molar-refractivity contribution is -0.130. The van der Waals surface area contributed by atoms with Gasteiger partial charge in [-0.25, -0.2) is 4.98 Å². The fourth-order valence-electron chi connectivity index (χ4n) is 4.72.